The van der Waals surface area contributed by atoms with Gasteiger partial charge in [0.15, 0.2) is 6.61 Å². The fraction of sp³-hybridized carbons (Fsp3) is 0.522. The Morgan fingerprint density at radius 3 is 2.53 bits per heavy atom. The Hall–Kier alpha value is -2.25. The summed E-state index contributed by atoms with van der Waals surface area (Å²) in [4.78, 5) is 11.9. The number of allylic oxidation sites excluding steroid dienone is 3. The number of carboxylic acid groups (broad SMARTS) is 1. The van der Waals surface area contributed by atoms with Gasteiger partial charge < -0.3 is 20.1 Å². The second-order valence-corrected chi connectivity index (χ2v) is 7.75. The van der Waals surface area contributed by atoms with Crippen LogP contribution in [0.2, 0.25) is 0 Å². The molecule has 1 aromatic carbocycles. The first-order valence-corrected chi connectivity index (χ1v) is 10.2. The van der Waals surface area contributed by atoms with Crippen molar-refractivity contribution in [3.05, 3.63) is 54.6 Å². The van der Waals surface area contributed by atoms with Gasteiger partial charge in [-0.2, -0.15) is 8.78 Å². The van der Waals surface area contributed by atoms with Crippen LogP contribution < -0.4 is 4.74 Å². The zero-order chi connectivity index (χ0) is 22.1. The number of halogens is 2. The highest BCUT2D eigenvalue weighted by molar-refractivity contribution is 5.70. The molecule has 7 heteroatoms. The SMILES string of the molecule is C/C=C/CCC(C(=O)O)C(/C=C/C(F)(F)COc1ccccc1)C1CC(O)CC1O. The molecule has 30 heavy (non-hydrogen) atoms. The summed E-state index contributed by atoms with van der Waals surface area (Å²) >= 11 is 0. The molecule has 1 saturated carbocycles. The number of ether oxygens (including phenoxy) is 1. The fourth-order valence-corrected chi connectivity index (χ4v) is 3.93. The predicted octanol–water partition coefficient (Wildman–Crippen LogP) is 4.06. The van der Waals surface area contributed by atoms with Crippen molar-refractivity contribution in [1.82, 2.24) is 0 Å². The number of aliphatic hydroxyl groups is 2. The number of carbonyl (C=O) groups is 1. The smallest absolute Gasteiger partial charge is 0.307 e. The van der Waals surface area contributed by atoms with E-state index in [9.17, 15) is 28.9 Å². The molecule has 0 aliphatic heterocycles. The summed E-state index contributed by atoms with van der Waals surface area (Å²) < 4.78 is 34.0. The molecule has 1 aromatic rings. The first-order valence-electron chi connectivity index (χ1n) is 10.2. The molecule has 0 heterocycles. The van der Waals surface area contributed by atoms with Crippen LogP contribution in [-0.4, -0.2) is 46.0 Å². The molecule has 2 rings (SSSR count). The van der Waals surface area contributed by atoms with Crippen LogP contribution in [0.4, 0.5) is 8.78 Å². The van der Waals surface area contributed by atoms with Crippen molar-refractivity contribution < 1.29 is 33.6 Å². The van der Waals surface area contributed by atoms with Gasteiger partial charge in [0.1, 0.15) is 5.75 Å². The quantitative estimate of drug-likeness (QED) is 0.467. The van der Waals surface area contributed by atoms with Crippen molar-refractivity contribution in [2.45, 2.75) is 50.7 Å². The standard InChI is InChI=1S/C23H30F2O5/c1-2-3-5-10-19(22(28)29)18(20-13-16(26)14-21(20)27)11-12-23(24,25)15-30-17-8-6-4-7-9-17/h2-4,6-9,11-12,16,18-21,26-27H,5,10,13-15H2,1H3,(H,28,29)/b3-2+,12-11+. The highest BCUT2D eigenvalue weighted by atomic mass is 19.3. The summed E-state index contributed by atoms with van der Waals surface area (Å²) in [6.07, 6.45) is 4.79. The number of hydrogen-bond donors (Lipinski definition) is 3. The molecule has 1 fully saturated rings. The fourth-order valence-electron chi connectivity index (χ4n) is 3.93. The van der Waals surface area contributed by atoms with Crippen LogP contribution in [-0.2, 0) is 4.79 Å². The van der Waals surface area contributed by atoms with E-state index in [2.05, 4.69) is 0 Å². The average molecular weight is 424 g/mol. The summed E-state index contributed by atoms with van der Waals surface area (Å²) in [5, 5.41) is 29.9. The van der Waals surface area contributed by atoms with Gasteiger partial charge in [-0.25, -0.2) is 0 Å². The van der Waals surface area contributed by atoms with Gasteiger partial charge in [-0.3, -0.25) is 4.79 Å². The Bertz CT molecular complexity index is 720. The van der Waals surface area contributed by atoms with Gasteiger partial charge >= 0.3 is 5.97 Å². The minimum atomic E-state index is -3.32. The molecule has 5 nitrogen and oxygen atoms in total. The van der Waals surface area contributed by atoms with Crippen molar-refractivity contribution in [3.8, 4) is 5.75 Å². The summed E-state index contributed by atoms with van der Waals surface area (Å²) in [5.41, 5.74) is 0. The first kappa shape index (κ1) is 24.0. The highest BCUT2D eigenvalue weighted by Crippen LogP contribution is 2.39. The number of rotatable bonds is 11. The summed E-state index contributed by atoms with van der Waals surface area (Å²) in [5.74, 6) is -6.50. The van der Waals surface area contributed by atoms with Gasteiger partial charge in [0.05, 0.1) is 18.1 Å². The van der Waals surface area contributed by atoms with Gasteiger partial charge in [-0.15, -0.1) is 0 Å². The van der Waals surface area contributed by atoms with Crippen molar-refractivity contribution in [1.29, 1.82) is 0 Å². The summed E-state index contributed by atoms with van der Waals surface area (Å²) in [6, 6.07) is 8.24. The molecule has 3 N–H and O–H groups in total. The molecule has 0 amide bonds. The van der Waals surface area contributed by atoms with Crippen LogP contribution in [0.5, 0.6) is 5.75 Å². The van der Waals surface area contributed by atoms with Gasteiger partial charge in [0, 0.05) is 0 Å². The Morgan fingerprint density at radius 2 is 1.97 bits per heavy atom. The van der Waals surface area contributed by atoms with E-state index in [1.807, 2.05) is 13.0 Å². The summed E-state index contributed by atoms with van der Waals surface area (Å²) in [6.45, 7) is 0.934. The van der Waals surface area contributed by atoms with E-state index in [4.69, 9.17) is 4.74 Å². The van der Waals surface area contributed by atoms with E-state index < -0.39 is 48.5 Å². The maximum atomic E-state index is 14.4. The normalized spacial score (nSPS) is 24.4. The molecule has 5 unspecified atom stereocenters. The molecule has 0 saturated heterocycles. The minimum Gasteiger partial charge on any atom is -0.487 e. The lowest BCUT2D eigenvalue weighted by atomic mass is 9.77. The zero-order valence-electron chi connectivity index (χ0n) is 17.0. The minimum absolute atomic E-state index is 0.115. The number of hydrogen-bond acceptors (Lipinski definition) is 4. The first-order chi connectivity index (χ1) is 14.2. The molecule has 166 valence electrons. The van der Waals surface area contributed by atoms with Crippen molar-refractivity contribution in [3.63, 3.8) is 0 Å². The molecule has 1 aliphatic rings. The monoisotopic (exact) mass is 424 g/mol. The Balaban J connectivity index is 2.18. The molecule has 1 aliphatic carbocycles. The lowest BCUT2D eigenvalue weighted by Gasteiger charge is -2.29. The average Bonchev–Trinajstić information content (AvgIpc) is 3.04. The van der Waals surface area contributed by atoms with E-state index in [1.54, 1.807) is 36.4 Å². The maximum Gasteiger partial charge on any atom is 0.307 e. The molecular formula is C23H30F2O5. The van der Waals surface area contributed by atoms with Crippen molar-refractivity contribution >= 4 is 5.97 Å². The molecule has 5 atom stereocenters. The van der Waals surface area contributed by atoms with Crippen LogP contribution >= 0.6 is 0 Å². The van der Waals surface area contributed by atoms with Gasteiger partial charge in [0.25, 0.3) is 5.92 Å². The van der Waals surface area contributed by atoms with E-state index in [-0.39, 0.29) is 19.3 Å². The zero-order valence-corrected chi connectivity index (χ0v) is 17.0. The third-order valence-electron chi connectivity index (χ3n) is 5.45. The topological polar surface area (TPSA) is 87.0 Å². The Morgan fingerprint density at radius 1 is 1.27 bits per heavy atom. The third-order valence-corrected chi connectivity index (χ3v) is 5.45. The maximum absolute atomic E-state index is 14.4. The van der Waals surface area contributed by atoms with E-state index in [0.29, 0.717) is 18.2 Å². The molecule has 0 radical (unpaired) electrons. The van der Waals surface area contributed by atoms with Gasteiger partial charge in [-0.1, -0.05) is 36.4 Å². The van der Waals surface area contributed by atoms with Crippen LogP contribution in [0.3, 0.4) is 0 Å². The second kappa shape index (κ2) is 11.2. The predicted molar refractivity (Wildman–Crippen MR) is 109 cm³/mol. The molecule has 0 aromatic heterocycles. The summed E-state index contributed by atoms with van der Waals surface area (Å²) in [7, 11) is 0. The molecule has 0 spiro atoms. The Kier molecular flexibility index (Phi) is 8.99. The lowest BCUT2D eigenvalue weighted by molar-refractivity contribution is -0.144. The van der Waals surface area contributed by atoms with E-state index in [0.717, 1.165) is 0 Å². The van der Waals surface area contributed by atoms with E-state index in [1.165, 1.54) is 6.08 Å². The number of alkyl halides is 2. The number of aliphatic hydroxyl groups excluding tert-OH is 2. The second-order valence-electron chi connectivity index (χ2n) is 7.75. The Labute approximate surface area is 175 Å². The van der Waals surface area contributed by atoms with Crippen LogP contribution in [0.15, 0.2) is 54.6 Å². The molecular weight excluding hydrogens is 394 g/mol. The number of benzene rings is 1. The van der Waals surface area contributed by atoms with Crippen molar-refractivity contribution in [2.75, 3.05) is 6.61 Å². The largest absolute Gasteiger partial charge is 0.487 e. The van der Waals surface area contributed by atoms with Gasteiger partial charge in [-0.05, 0) is 62.7 Å². The lowest BCUT2D eigenvalue weighted by Crippen LogP contribution is -2.33. The van der Waals surface area contributed by atoms with Crippen LogP contribution in [0, 0.1) is 17.8 Å². The van der Waals surface area contributed by atoms with Gasteiger partial charge in [0.2, 0.25) is 0 Å². The van der Waals surface area contributed by atoms with Crippen LogP contribution in [0.25, 0.3) is 0 Å². The van der Waals surface area contributed by atoms with E-state index >= 15 is 0 Å². The van der Waals surface area contributed by atoms with Crippen molar-refractivity contribution in [2.24, 2.45) is 17.8 Å². The highest BCUT2D eigenvalue weighted by Gasteiger charge is 2.42. The number of aliphatic carboxylic acids is 1. The number of carboxylic acids is 1. The number of para-hydroxylation sites is 1. The van der Waals surface area contributed by atoms with Crippen LogP contribution in [0.1, 0.15) is 32.6 Å². The third kappa shape index (κ3) is 7.22. The molecule has 0 bridgehead atoms.